The van der Waals surface area contributed by atoms with Crippen LogP contribution in [0.5, 0.6) is 5.88 Å². The standard InChI is InChI=1S/C14H10F4N2OS/c1-7-2-8(15)4-9(3-7)21-13-10(6-19)11(14(16,17)18)5-12(22)20-13/h2,4-5,7H,3H2,1H3,(H,20,22). The van der Waals surface area contributed by atoms with Crippen molar-refractivity contribution < 1.29 is 22.3 Å². The van der Waals surface area contributed by atoms with Crippen LogP contribution in [0, 0.1) is 17.2 Å². The van der Waals surface area contributed by atoms with Crippen molar-refractivity contribution in [1.82, 2.24) is 4.98 Å². The largest absolute Gasteiger partial charge is 0.442 e. The number of nitrogens with zero attached hydrogens (tertiary/aromatic N) is 2. The van der Waals surface area contributed by atoms with Crippen molar-refractivity contribution >= 4 is 12.6 Å². The molecule has 0 bridgehead atoms. The van der Waals surface area contributed by atoms with Gasteiger partial charge in [0.1, 0.15) is 23.2 Å². The molecule has 0 aliphatic heterocycles. The van der Waals surface area contributed by atoms with Crippen LogP contribution < -0.4 is 4.74 Å². The molecule has 0 aromatic carbocycles. The molecule has 3 nitrogen and oxygen atoms in total. The van der Waals surface area contributed by atoms with Crippen molar-refractivity contribution in [3.63, 3.8) is 0 Å². The monoisotopic (exact) mass is 330 g/mol. The highest BCUT2D eigenvalue weighted by Gasteiger charge is 2.36. The van der Waals surface area contributed by atoms with E-state index in [9.17, 15) is 17.6 Å². The van der Waals surface area contributed by atoms with Crippen molar-refractivity contribution in [2.45, 2.75) is 24.5 Å². The van der Waals surface area contributed by atoms with Gasteiger partial charge in [-0.2, -0.15) is 18.4 Å². The lowest BCUT2D eigenvalue weighted by Gasteiger charge is -2.18. The topological polar surface area (TPSA) is 45.9 Å². The average molecular weight is 330 g/mol. The Labute approximate surface area is 129 Å². The van der Waals surface area contributed by atoms with Gasteiger partial charge in [0.15, 0.2) is 0 Å². The number of pyridine rings is 1. The Morgan fingerprint density at radius 2 is 2.14 bits per heavy atom. The molecule has 1 atom stereocenters. The summed E-state index contributed by atoms with van der Waals surface area (Å²) >= 11 is 3.79. The highest BCUT2D eigenvalue weighted by atomic mass is 32.1. The molecule has 1 aromatic rings. The Morgan fingerprint density at radius 3 is 2.68 bits per heavy atom. The number of halogens is 4. The third-order valence-electron chi connectivity index (χ3n) is 2.88. The van der Waals surface area contributed by atoms with Crippen LogP contribution in [0.25, 0.3) is 0 Å². The van der Waals surface area contributed by atoms with E-state index < -0.39 is 29.0 Å². The molecule has 1 aliphatic carbocycles. The Hall–Kier alpha value is -2.01. The number of alkyl halides is 3. The van der Waals surface area contributed by atoms with E-state index in [4.69, 9.17) is 10.00 Å². The molecule has 0 saturated heterocycles. The summed E-state index contributed by atoms with van der Waals surface area (Å²) < 4.78 is 57.4. The predicted molar refractivity (Wildman–Crippen MR) is 72.9 cm³/mol. The summed E-state index contributed by atoms with van der Waals surface area (Å²) in [6, 6.07) is 2.08. The number of ether oxygens (including phenoxy) is 1. The van der Waals surface area contributed by atoms with Gasteiger partial charge in [0.2, 0.25) is 5.88 Å². The molecule has 8 heteroatoms. The van der Waals surface area contributed by atoms with Gasteiger partial charge in [0, 0.05) is 12.5 Å². The first-order valence-corrected chi connectivity index (χ1v) is 6.62. The van der Waals surface area contributed by atoms with Crippen molar-refractivity contribution in [3.05, 3.63) is 40.9 Å². The van der Waals surface area contributed by atoms with E-state index in [2.05, 4.69) is 17.6 Å². The van der Waals surface area contributed by atoms with E-state index in [-0.39, 0.29) is 23.1 Å². The quantitative estimate of drug-likeness (QED) is 0.645. The zero-order valence-electron chi connectivity index (χ0n) is 11.3. The average Bonchev–Trinajstić information content (AvgIpc) is 2.35. The Kier molecular flexibility index (Phi) is 4.47. The molecule has 0 N–H and O–H groups in total. The van der Waals surface area contributed by atoms with Crippen LogP contribution in [0.1, 0.15) is 24.5 Å². The maximum Gasteiger partial charge on any atom is 0.417 e. The molecule has 1 aromatic heterocycles. The fourth-order valence-corrected chi connectivity index (χ4v) is 2.24. The van der Waals surface area contributed by atoms with Gasteiger partial charge < -0.3 is 4.74 Å². The molecular weight excluding hydrogens is 320 g/mol. The maximum absolute atomic E-state index is 13.3. The number of thiol groups is 1. The summed E-state index contributed by atoms with van der Waals surface area (Å²) in [5.74, 6) is -1.16. The second-order valence-electron chi connectivity index (χ2n) is 4.76. The number of hydrogen-bond acceptors (Lipinski definition) is 4. The zero-order chi connectivity index (χ0) is 16.5. The minimum Gasteiger partial charge on any atom is -0.442 e. The SMILES string of the molecule is CC1C=C(F)C=C(Oc2nc(S)cc(C(F)(F)F)c2C#N)C1. The van der Waals surface area contributed by atoms with Crippen LogP contribution in [0.15, 0.2) is 34.8 Å². The summed E-state index contributed by atoms with van der Waals surface area (Å²) in [5, 5.41) is 8.74. The number of aromatic nitrogens is 1. The highest BCUT2D eigenvalue weighted by Crippen LogP contribution is 2.37. The molecule has 116 valence electrons. The third-order valence-corrected chi connectivity index (χ3v) is 3.11. The van der Waals surface area contributed by atoms with E-state index in [1.807, 2.05) is 0 Å². The minimum atomic E-state index is -4.75. The molecule has 2 rings (SSSR count). The normalized spacial score (nSPS) is 18.3. The minimum absolute atomic E-state index is 0.101. The summed E-state index contributed by atoms with van der Waals surface area (Å²) in [6.07, 6.45) is -2.04. The highest BCUT2D eigenvalue weighted by molar-refractivity contribution is 7.80. The molecule has 1 unspecified atom stereocenters. The van der Waals surface area contributed by atoms with Gasteiger partial charge >= 0.3 is 6.18 Å². The summed E-state index contributed by atoms with van der Waals surface area (Å²) in [4.78, 5) is 3.70. The van der Waals surface area contributed by atoms with E-state index in [0.29, 0.717) is 6.07 Å². The lowest BCUT2D eigenvalue weighted by atomic mass is 10.0. The molecule has 0 radical (unpaired) electrons. The number of nitriles is 1. The summed E-state index contributed by atoms with van der Waals surface area (Å²) in [7, 11) is 0. The van der Waals surface area contributed by atoms with E-state index >= 15 is 0 Å². The van der Waals surface area contributed by atoms with Crippen molar-refractivity contribution in [2.24, 2.45) is 5.92 Å². The van der Waals surface area contributed by atoms with Gasteiger partial charge in [-0.15, -0.1) is 12.6 Å². The third kappa shape index (κ3) is 3.60. The first kappa shape index (κ1) is 16.4. The smallest absolute Gasteiger partial charge is 0.417 e. The number of rotatable bonds is 2. The second kappa shape index (κ2) is 6.01. The number of allylic oxidation sites excluding steroid dienone is 4. The van der Waals surface area contributed by atoms with Crippen molar-refractivity contribution in [3.8, 4) is 11.9 Å². The van der Waals surface area contributed by atoms with Gasteiger partial charge in [0.25, 0.3) is 0 Å². The molecule has 0 fully saturated rings. The Bertz CT molecular complexity index is 704. The lowest BCUT2D eigenvalue weighted by molar-refractivity contribution is -0.138. The van der Waals surface area contributed by atoms with Crippen molar-refractivity contribution in [2.75, 3.05) is 0 Å². The second-order valence-corrected chi connectivity index (χ2v) is 5.22. The fraction of sp³-hybridized carbons (Fsp3) is 0.286. The molecule has 0 saturated carbocycles. The summed E-state index contributed by atoms with van der Waals surface area (Å²) in [6.45, 7) is 1.73. The Balaban J connectivity index is 2.46. The molecule has 1 aliphatic rings. The van der Waals surface area contributed by atoms with Gasteiger partial charge in [-0.05, 0) is 18.1 Å². The van der Waals surface area contributed by atoms with Crippen LogP contribution in [0.4, 0.5) is 17.6 Å². The molecule has 22 heavy (non-hydrogen) atoms. The predicted octanol–water partition coefficient (Wildman–Crippen LogP) is 4.42. The van der Waals surface area contributed by atoms with Gasteiger partial charge in [-0.25, -0.2) is 9.37 Å². The van der Waals surface area contributed by atoms with Crippen LogP contribution in [0.2, 0.25) is 0 Å². The van der Waals surface area contributed by atoms with E-state index in [1.165, 1.54) is 12.1 Å². The van der Waals surface area contributed by atoms with Gasteiger partial charge in [-0.3, -0.25) is 0 Å². The molecule has 1 heterocycles. The van der Waals surface area contributed by atoms with Gasteiger partial charge in [0.05, 0.1) is 10.6 Å². The Morgan fingerprint density at radius 1 is 1.45 bits per heavy atom. The van der Waals surface area contributed by atoms with Crippen molar-refractivity contribution in [1.29, 1.82) is 5.26 Å². The van der Waals surface area contributed by atoms with E-state index in [1.54, 1.807) is 6.92 Å². The molecule has 0 spiro atoms. The number of hydrogen-bond donors (Lipinski definition) is 1. The lowest BCUT2D eigenvalue weighted by Crippen LogP contribution is -2.12. The van der Waals surface area contributed by atoms with E-state index in [0.717, 1.165) is 6.08 Å². The van der Waals surface area contributed by atoms with Crippen LogP contribution >= 0.6 is 12.6 Å². The fourth-order valence-electron chi connectivity index (χ4n) is 2.02. The van der Waals surface area contributed by atoms with Crippen LogP contribution in [0.3, 0.4) is 0 Å². The first-order valence-electron chi connectivity index (χ1n) is 6.17. The molecule has 0 amide bonds. The van der Waals surface area contributed by atoms with Crippen LogP contribution in [-0.4, -0.2) is 4.98 Å². The maximum atomic E-state index is 13.3. The summed E-state index contributed by atoms with van der Waals surface area (Å²) in [5.41, 5.74) is -1.95. The zero-order valence-corrected chi connectivity index (χ0v) is 12.2. The van der Waals surface area contributed by atoms with Crippen LogP contribution in [-0.2, 0) is 6.18 Å². The molecular formula is C14H10F4N2OS. The van der Waals surface area contributed by atoms with Gasteiger partial charge in [-0.1, -0.05) is 6.92 Å². The first-order chi connectivity index (χ1) is 10.2.